The van der Waals surface area contributed by atoms with E-state index in [1.807, 2.05) is 90.0 Å². The zero-order valence-corrected chi connectivity index (χ0v) is 32.7. The molecule has 0 unspecified atom stereocenters. The molecule has 2 N–H and O–H groups in total. The van der Waals surface area contributed by atoms with E-state index in [1.54, 1.807) is 23.6 Å². The summed E-state index contributed by atoms with van der Waals surface area (Å²) in [6, 6.07) is 29.3. The van der Waals surface area contributed by atoms with Crippen molar-refractivity contribution in [2.75, 3.05) is 25.7 Å². The van der Waals surface area contributed by atoms with Crippen LogP contribution < -0.4 is 25.1 Å². The fraction of sp³-hybridized carbons (Fsp3) is 0.333. The number of carbonyl (C=O) groups is 1. The number of methoxy groups -OCH3 is 2. The zero-order valence-electron chi connectivity index (χ0n) is 31.7. The number of hydrogen-bond acceptors (Lipinski definition) is 8. The highest BCUT2D eigenvalue weighted by Gasteiger charge is 2.66. The van der Waals surface area contributed by atoms with Crippen molar-refractivity contribution < 1.29 is 24.1 Å². The van der Waals surface area contributed by atoms with Crippen LogP contribution >= 0.6 is 0 Å². The number of rotatable bonds is 12. The van der Waals surface area contributed by atoms with E-state index < -0.39 is 13.7 Å². The first-order chi connectivity index (χ1) is 26.6. The van der Waals surface area contributed by atoms with Gasteiger partial charge in [-0.2, -0.15) is 0 Å². The average molecular weight is 759 g/mol. The van der Waals surface area contributed by atoms with Crippen LogP contribution in [0.2, 0.25) is 18.6 Å². The third kappa shape index (κ3) is 6.16. The van der Waals surface area contributed by atoms with E-state index in [9.17, 15) is 9.90 Å². The van der Waals surface area contributed by atoms with Crippen molar-refractivity contribution in [1.29, 1.82) is 0 Å². The number of H-pyrrole nitrogens is 1. The van der Waals surface area contributed by atoms with Crippen LogP contribution in [0, 0.1) is 5.92 Å². The highest BCUT2D eigenvalue weighted by atomic mass is 28.3. The minimum Gasteiger partial charge on any atom is -0.497 e. The largest absolute Gasteiger partial charge is 0.497 e. The molecule has 0 radical (unpaired) electrons. The SMILES string of the molecule is COc1ccc([Si](C)(C)[C@H]2[C@H](CCn3cc(CCO)nn3)O[C@@]3(C(=O)N(Cc4cccc(-n5[nH]c6ccccc6c5=O)c4)c4ccc(OC)cc43)[C@@H]2C)cc1. The van der Waals surface area contributed by atoms with Crippen LogP contribution in [-0.4, -0.2) is 70.8 Å². The second-order valence-electron chi connectivity index (χ2n) is 15.1. The molecule has 1 fully saturated rings. The maximum atomic E-state index is 15.4. The number of aromatic amines is 1. The second-order valence-corrected chi connectivity index (χ2v) is 19.8. The Balaban J connectivity index is 1.18. The Morgan fingerprint density at radius 3 is 2.45 bits per heavy atom. The molecular weight excluding hydrogens is 713 g/mol. The summed E-state index contributed by atoms with van der Waals surface area (Å²) in [6.45, 7) is 7.72. The monoisotopic (exact) mass is 758 g/mol. The van der Waals surface area contributed by atoms with Gasteiger partial charge in [-0.25, -0.2) is 4.68 Å². The molecule has 6 aromatic rings. The van der Waals surface area contributed by atoms with Gasteiger partial charge in [0.05, 0.1) is 62.9 Å². The molecule has 8 rings (SSSR count). The number of fused-ring (bicyclic) bond motifs is 3. The Morgan fingerprint density at radius 1 is 0.945 bits per heavy atom. The molecule has 12 nitrogen and oxygen atoms in total. The van der Waals surface area contributed by atoms with Gasteiger partial charge in [0.15, 0.2) is 5.60 Å². The van der Waals surface area contributed by atoms with Gasteiger partial charge in [0, 0.05) is 37.3 Å². The summed E-state index contributed by atoms with van der Waals surface area (Å²) in [4.78, 5) is 30.5. The summed E-state index contributed by atoms with van der Waals surface area (Å²) in [7, 11) is 0.923. The van der Waals surface area contributed by atoms with Crippen molar-refractivity contribution in [3.63, 3.8) is 0 Å². The predicted molar refractivity (Wildman–Crippen MR) is 213 cm³/mol. The van der Waals surface area contributed by atoms with Crippen LogP contribution in [0.4, 0.5) is 5.69 Å². The van der Waals surface area contributed by atoms with Gasteiger partial charge >= 0.3 is 0 Å². The number of aromatic nitrogens is 5. The molecule has 0 bridgehead atoms. The summed E-state index contributed by atoms with van der Waals surface area (Å²) < 4.78 is 21.9. The van der Waals surface area contributed by atoms with Gasteiger partial charge in [-0.3, -0.25) is 19.4 Å². The average Bonchev–Trinajstić information content (AvgIpc) is 3.94. The molecule has 1 saturated heterocycles. The van der Waals surface area contributed by atoms with E-state index in [-0.39, 0.29) is 42.2 Å². The number of aryl methyl sites for hydroxylation is 1. The van der Waals surface area contributed by atoms with Crippen molar-refractivity contribution in [3.8, 4) is 17.2 Å². The first-order valence-electron chi connectivity index (χ1n) is 18.7. The summed E-state index contributed by atoms with van der Waals surface area (Å²) >= 11 is 0. The van der Waals surface area contributed by atoms with Crippen LogP contribution in [0.25, 0.3) is 16.6 Å². The Kier molecular flexibility index (Phi) is 9.48. The highest BCUT2D eigenvalue weighted by molar-refractivity contribution is 6.91. The van der Waals surface area contributed by atoms with Gasteiger partial charge in [-0.1, -0.05) is 66.8 Å². The number of para-hydroxylation sites is 1. The number of nitrogens with one attached hydrogen (secondary N) is 1. The lowest BCUT2D eigenvalue weighted by molar-refractivity contribution is -0.146. The molecule has 13 heteroatoms. The zero-order chi connectivity index (χ0) is 38.5. The minimum absolute atomic E-state index is 0.00149. The smallest absolute Gasteiger partial charge is 0.279 e. The number of anilines is 1. The number of amides is 1. The molecule has 1 spiro atoms. The molecule has 0 saturated carbocycles. The molecule has 2 aliphatic rings. The quantitative estimate of drug-likeness (QED) is 0.160. The van der Waals surface area contributed by atoms with E-state index in [2.05, 4.69) is 47.6 Å². The van der Waals surface area contributed by atoms with Gasteiger partial charge < -0.3 is 24.2 Å². The molecular formula is C42H46N6O6Si. The number of aliphatic hydroxyl groups excluding tert-OH is 1. The molecule has 4 atom stereocenters. The second kappa shape index (κ2) is 14.3. The van der Waals surface area contributed by atoms with Crippen molar-refractivity contribution in [3.05, 3.63) is 124 Å². The molecule has 4 heterocycles. The maximum absolute atomic E-state index is 15.4. The van der Waals surface area contributed by atoms with Crippen LogP contribution in [0.5, 0.6) is 11.5 Å². The number of nitrogens with zero attached hydrogens (tertiary/aromatic N) is 5. The fourth-order valence-electron chi connectivity index (χ4n) is 9.00. The molecule has 2 aromatic heterocycles. The Bertz CT molecular complexity index is 2420. The molecule has 55 heavy (non-hydrogen) atoms. The first kappa shape index (κ1) is 36.5. The first-order valence-corrected chi connectivity index (χ1v) is 21.8. The summed E-state index contributed by atoms with van der Waals surface area (Å²) in [5.74, 6) is 1.12. The lowest BCUT2D eigenvalue weighted by Gasteiger charge is -2.37. The number of benzene rings is 4. The summed E-state index contributed by atoms with van der Waals surface area (Å²) in [5, 5.41) is 23.1. The van der Waals surface area contributed by atoms with Gasteiger partial charge in [0.2, 0.25) is 0 Å². The predicted octanol–water partition coefficient (Wildman–Crippen LogP) is 5.32. The van der Waals surface area contributed by atoms with E-state index in [4.69, 9.17) is 14.2 Å². The maximum Gasteiger partial charge on any atom is 0.279 e. The van der Waals surface area contributed by atoms with Gasteiger partial charge in [-0.15, -0.1) is 5.10 Å². The third-order valence-electron chi connectivity index (χ3n) is 11.7. The number of hydrogen-bond donors (Lipinski definition) is 2. The van der Waals surface area contributed by atoms with E-state index >= 15 is 4.79 Å². The third-order valence-corrected chi connectivity index (χ3v) is 16.1. The van der Waals surface area contributed by atoms with Crippen LogP contribution in [0.1, 0.15) is 30.2 Å². The Labute approximate surface area is 320 Å². The molecule has 2 aliphatic heterocycles. The van der Waals surface area contributed by atoms with Crippen LogP contribution in [0.15, 0.2) is 102 Å². The van der Waals surface area contributed by atoms with Gasteiger partial charge in [0.1, 0.15) is 11.5 Å². The fourth-order valence-corrected chi connectivity index (χ4v) is 13.1. The Hall–Kier alpha value is -5.50. The summed E-state index contributed by atoms with van der Waals surface area (Å²) in [6.07, 6.45) is 2.62. The number of carbonyl (C=O) groups excluding carboxylic acids is 1. The molecule has 4 aromatic carbocycles. The van der Waals surface area contributed by atoms with Crippen LogP contribution in [0.3, 0.4) is 0 Å². The standard InChI is InChI=1S/C42H46N6O6Si/c1-27-39(55(4,5)33-16-13-31(52-2)14-17-33)38(19-21-46-26-29(20-22-49)43-45-46)54-42(27)35-24-32(53-3)15-18-37(35)47(41(42)51)25-28-9-8-10-30(23-28)48-40(50)34-11-6-7-12-36(34)44-48/h6-18,23-24,26-27,38-39,44,49H,19-22,25H2,1-5H3/t27-,38+,39-,42+/m1/s1. The van der Waals surface area contributed by atoms with Crippen molar-refractivity contribution >= 4 is 35.8 Å². The molecule has 1 amide bonds. The van der Waals surface area contributed by atoms with E-state index in [1.165, 1.54) is 5.19 Å². The Morgan fingerprint density at radius 2 is 1.71 bits per heavy atom. The normalized spacial score (nSPS) is 20.8. The summed E-state index contributed by atoms with van der Waals surface area (Å²) in [5.41, 5.74) is 3.23. The number of ether oxygens (including phenoxy) is 3. The lowest BCUT2D eigenvalue weighted by Crippen LogP contribution is -2.51. The highest BCUT2D eigenvalue weighted by Crippen LogP contribution is 2.60. The molecule has 0 aliphatic carbocycles. The topological polar surface area (TPSA) is 137 Å². The lowest BCUT2D eigenvalue weighted by atomic mass is 9.82. The van der Waals surface area contributed by atoms with Crippen molar-refractivity contribution in [2.45, 2.75) is 63.2 Å². The number of aliphatic hydroxyl groups is 1. The van der Waals surface area contributed by atoms with Crippen molar-refractivity contribution in [1.82, 2.24) is 24.8 Å². The van der Waals surface area contributed by atoms with Gasteiger partial charge in [0.25, 0.3) is 11.5 Å². The van der Waals surface area contributed by atoms with E-state index in [0.717, 1.165) is 33.8 Å². The van der Waals surface area contributed by atoms with Gasteiger partial charge in [-0.05, 0) is 72.1 Å². The van der Waals surface area contributed by atoms with Crippen LogP contribution in [-0.2, 0) is 34.6 Å². The van der Waals surface area contributed by atoms with Crippen molar-refractivity contribution in [2.24, 2.45) is 5.92 Å². The molecule has 284 valence electrons. The minimum atomic E-state index is -2.38. The van der Waals surface area contributed by atoms with E-state index in [0.29, 0.717) is 36.2 Å².